The van der Waals surface area contributed by atoms with Crippen molar-refractivity contribution in [2.45, 2.75) is 39.5 Å². The first-order valence-corrected chi connectivity index (χ1v) is 11.8. The fraction of sp³-hybridized carbons (Fsp3) is 0.320. The number of hydrogen-bond donors (Lipinski definition) is 2. The first-order valence-electron chi connectivity index (χ1n) is 11.0. The third-order valence-corrected chi connectivity index (χ3v) is 6.08. The van der Waals surface area contributed by atoms with Crippen LogP contribution < -0.4 is 10.6 Å². The Labute approximate surface area is 198 Å². The van der Waals surface area contributed by atoms with Crippen molar-refractivity contribution in [3.05, 3.63) is 65.7 Å². The number of rotatable bonds is 7. The van der Waals surface area contributed by atoms with Crippen molar-refractivity contribution in [1.29, 1.82) is 0 Å². The number of amides is 1. The van der Waals surface area contributed by atoms with E-state index in [1.54, 1.807) is 11.3 Å². The Balaban J connectivity index is 1.66. The molecule has 1 amide bonds. The molecule has 1 fully saturated rings. The number of ether oxygens (including phenoxy) is 1. The number of aryl methyl sites for hydroxylation is 1. The van der Waals surface area contributed by atoms with E-state index in [0.29, 0.717) is 5.69 Å². The molecule has 0 bridgehead atoms. The number of benzene rings is 1. The third kappa shape index (κ3) is 6.25. The zero-order valence-corrected chi connectivity index (χ0v) is 20.0. The van der Waals surface area contributed by atoms with Gasteiger partial charge in [0.05, 0.1) is 17.9 Å². The van der Waals surface area contributed by atoms with Crippen LogP contribution in [-0.4, -0.2) is 46.1 Å². The fourth-order valence-corrected chi connectivity index (χ4v) is 4.71. The van der Waals surface area contributed by atoms with E-state index in [-0.39, 0.29) is 18.1 Å². The highest BCUT2D eigenvalue weighted by atomic mass is 32.1. The lowest BCUT2D eigenvalue weighted by atomic mass is 10.1. The summed E-state index contributed by atoms with van der Waals surface area (Å²) in [7, 11) is 0. The highest BCUT2D eigenvalue weighted by Crippen LogP contribution is 2.28. The largest absolute Gasteiger partial charge is 0.373 e. The lowest BCUT2D eigenvalue weighted by Crippen LogP contribution is -2.44. The number of hydrogen-bond acceptors (Lipinski definition) is 7. The van der Waals surface area contributed by atoms with Gasteiger partial charge in [-0.05, 0) is 56.7 Å². The van der Waals surface area contributed by atoms with E-state index < -0.39 is 0 Å². The van der Waals surface area contributed by atoms with Crippen molar-refractivity contribution < 1.29 is 9.53 Å². The summed E-state index contributed by atoms with van der Waals surface area (Å²) < 4.78 is 5.89. The Bertz CT molecular complexity index is 1140. The summed E-state index contributed by atoms with van der Waals surface area (Å²) in [5, 5.41) is 6.98. The molecule has 2 atom stereocenters. The second kappa shape index (κ2) is 10.2. The summed E-state index contributed by atoms with van der Waals surface area (Å²) in [6, 6.07) is 11.9. The SMILES string of the molecule is C=CC(=O)Nc1cccc(-c2cc(CN3CC(C)OC(C)C3)cc(Nc3ncc(C)s3)n2)c1. The Kier molecular flexibility index (Phi) is 7.17. The second-order valence-corrected chi connectivity index (χ2v) is 9.61. The molecule has 0 spiro atoms. The summed E-state index contributed by atoms with van der Waals surface area (Å²) >= 11 is 1.59. The van der Waals surface area contributed by atoms with Gasteiger partial charge >= 0.3 is 0 Å². The van der Waals surface area contributed by atoms with Crippen molar-refractivity contribution in [3.8, 4) is 11.3 Å². The molecule has 33 heavy (non-hydrogen) atoms. The van der Waals surface area contributed by atoms with Gasteiger partial charge in [0.25, 0.3) is 0 Å². The van der Waals surface area contributed by atoms with E-state index in [1.165, 1.54) is 6.08 Å². The van der Waals surface area contributed by atoms with E-state index >= 15 is 0 Å². The second-order valence-electron chi connectivity index (χ2n) is 8.37. The van der Waals surface area contributed by atoms with Gasteiger partial charge in [0.2, 0.25) is 5.91 Å². The highest BCUT2D eigenvalue weighted by Gasteiger charge is 2.22. The Morgan fingerprint density at radius 3 is 2.76 bits per heavy atom. The Morgan fingerprint density at radius 1 is 1.27 bits per heavy atom. The monoisotopic (exact) mass is 463 g/mol. The van der Waals surface area contributed by atoms with Gasteiger partial charge in [0.1, 0.15) is 5.82 Å². The molecule has 1 aromatic carbocycles. The van der Waals surface area contributed by atoms with Gasteiger partial charge in [0, 0.05) is 42.0 Å². The average Bonchev–Trinajstić information content (AvgIpc) is 3.17. The maximum atomic E-state index is 11.7. The molecule has 3 aromatic rings. The highest BCUT2D eigenvalue weighted by molar-refractivity contribution is 7.15. The van der Waals surface area contributed by atoms with Crippen molar-refractivity contribution in [2.75, 3.05) is 23.7 Å². The van der Waals surface area contributed by atoms with Crippen LogP contribution in [0.25, 0.3) is 11.3 Å². The van der Waals surface area contributed by atoms with Crippen LogP contribution in [0.2, 0.25) is 0 Å². The van der Waals surface area contributed by atoms with Gasteiger partial charge in [-0.25, -0.2) is 9.97 Å². The number of thiazole rings is 1. The molecule has 1 aliphatic heterocycles. The van der Waals surface area contributed by atoms with Crippen LogP contribution in [0.15, 0.2) is 55.3 Å². The van der Waals surface area contributed by atoms with Crippen LogP contribution in [0.5, 0.6) is 0 Å². The maximum absolute atomic E-state index is 11.7. The summed E-state index contributed by atoms with van der Waals surface area (Å²) in [5.41, 5.74) is 3.59. The first-order chi connectivity index (χ1) is 15.9. The lowest BCUT2D eigenvalue weighted by molar-refractivity contribution is -0.111. The minimum Gasteiger partial charge on any atom is -0.373 e. The molecule has 1 aliphatic rings. The molecule has 0 saturated carbocycles. The van der Waals surface area contributed by atoms with E-state index in [0.717, 1.165) is 52.3 Å². The first kappa shape index (κ1) is 23.1. The van der Waals surface area contributed by atoms with Gasteiger partial charge in [-0.2, -0.15) is 0 Å². The number of anilines is 3. The average molecular weight is 464 g/mol. The van der Waals surface area contributed by atoms with Crippen LogP contribution in [0.3, 0.4) is 0 Å². The molecule has 8 heteroatoms. The summed E-state index contributed by atoms with van der Waals surface area (Å²) in [4.78, 5) is 24.6. The summed E-state index contributed by atoms with van der Waals surface area (Å²) in [6.45, 7) is 12.3. The number of pyridine rings is 1. The predicted molar refractivity (Wildman–Crippen MR) is 134 cm³/mol. The molecule has 2 unspecified atom stereocenters. The topological polar surface area (TPSA) is 79.4 Å². The van der Waals surface area contributed by atoms with Crippen molar-refractivity contribution in [1.82, 2.24) is 14.9 Å². The fourth-order valence-electron chi connectivity index (χ4n) is 4.03. The van der Waals surface area contributed by atoms with E-state index in [2.05, 4.69) is 53.1 Å². The zero-order valence-electron chi connectivity index (χ0n) is 19.2. The van der Waals surface area contributed by atoms with Gasteiger partial charge in [-0.15, -0.1) is 11.3 Å². The van der Waals surface area contributed by atoms with Gasteiger partial charge in [0.15, 0.2) is 5.13 Å². The van der Waals surface area contributed by atoms with Crippen molar-refractivity contribution in [3.63, 3.8) is 0 Å². The van der Waals surface area contributed by atoms with Gasteiger partial charge in [-0.3, -0.25) is 9.69 Å². The maximum Gasteiger partial charge on any atom is 0.247 e. The lowest BCUT2D eigenvalue weighted by Gasteiger charge is -2.35. The quantitative estimate of drug-likeness (QED) is 0.481. The van der Waals surface area contributed by atoms with Gasteiger partial charge < -0.3 is 15.4 Å². The standard InChI is InChI=1S/C25H29N5O2S/c1-5-24(31)27-21-8-6-7-20(11-21)22-9-19(15-30-13-16(2)32-17(3)14-30)10-23(28-22)29-25-26-12-18(4)33-25/h5-12,16-17H,1,13-15H2,2-4H3,(H,27,31)(H,26,28,29). The summed E-state index contributed by atoms with van der Waals surface area (Å²) in [6.07, 6.45) is 3.51. The van der Waals surface area contributed by atoms with E-state index in [4.69, 9.17) is 9.72 Å². The molecular formula is C25H29N5O2S. The number of carbonyl (C=O) groups is 1. The van der Waals surface area contributed by atoms with Crippen LogP contribution in [0.1, 0.15) is 24.3 Å². The van der Waals surface area contributed by atoms with Crippen LogP contribution in [-0.2, 0) is 16.1 Å². The van der Waals surface area contributed by atoms with Gasteiger partial charge in [-0.1, -0.05) is 18.7 Å². The number of nitrogens with zero attached hydrogens (tertiary/aromatic N) is 3. The van der Waals surface area contributed by atoms with Crippen molar-refractivity contribution in [2.24, 2.45) is 0 Å². The normalized spacial score (nSPS) is 18.6. The van der Waals surface area contributed by atoms with Crippen LogP contribution >= 0.6 is 11.3 Å². The zero-order chi connectivity index (χ0) is 23.4. The van der Waals surface area contributed by atoms with E-state index in [9.17, 15) is 4.79 Å². The molecule has 2 N–H and O–H groups in total. The molecular weight excluding hydrogens is 434 g/mol. The minimum absolute atomic E-state index is 0.205. The molecule has 172 valence electrons. The number of aromatic nitrogens is 2. The molecule has 7 nitrogen and oxygen atoms in total. The third-order valence-electron chi connectivity index (χ3n) is 5.25. The minimum atomic E-state index is -0.245. The summed E-state index contributed by atoms with van der Waals surface area (Å²) in [5.74, 6) is 0.498. The van der Waals surface area contributed by atoms with Crippen LogP contribution in [0, 0.1) is 6.92 Å². The molecule has 0 aliphatic carbocycles. The molecule has 1 saturated heterocycles. The predicted octanol–water partition coefficient (Wildman–Crippen LogP) is 4.99. The Hall–Kier alpha value is -3.07. The Morgan fingerprint density at radius 2 is 2.06 bits per heavy atom. The molecule has 0 radical (unpaired) electrons. The molecule has 3 heterocycles. The van der Waals surface area contributed by atoms with Crippen LogP contribution in [0.4, 0.5) is 16.6 Å². The number of morpholine rings is 1. The number of nitrogens with one attached hydrogen (secondary N) is 2. The molecule has 2 aromatic heterocycles. The van der Waals surface area contributed by atoms with Crippen molar-refractivity contribution >= 4 is 33.9 Å². The number of carbonyl (C=O) groups excluding carboxylic acids is 1. The molecule has 4 rings (SSSR count). The smallest absolute Gasteiger partial charge is 0.247 e. The van der Waals surface area contributed by atoms with E-state index in [1.807, 2.05) is 37.4 Å².